The second-order valence-electron chi connectivity index (χ2n) is 3.05. The number of halogens is 2. The monoisotopic (exact) mass is 201 g/mol. The summed E-state index contributed by atoms with van der Waals surface area (Å²) in [5, 5.41) is 0. The second-order valence-corrected chi connectivity index (χ2v) is 4.08. The minimum Gasteiger partial charge on any atom is -0.323 e. The molecular weight excluding hydrogens is 192 g/mol. The Hall–Kier alpha value is -0.610. The molecule has 0 radical (unpaired) electrons. The summed E-state index contributed by atoms with van der Waals surface area (Å²) in [5.74, 6) is -0.223. The van der Waals surface area contributed by atoms with Crippen LogP contribution in [-0.4, -0.2) is 5.75 Å². The smallest absolute Gasteiger partial charge is 0.163 e. The van der Waals surface area contributed by atoms with Crippen molar-refractivity contribution in [2.24, 2.45) is 5.73 Å². The zero-order valence-electron chi connectivity index (χ0n) is 6.89. The molecule has 0 saturated carbocycles. The maximum absolute atomic E-state index is 13.2. The van der Waals surface area contributed by atoms with Gasteiger partial charge in [-0.05, 0) is 11.6 Å². The molecule has 1 heterocycles. The van der Waals surface area contributed by atoms with Crippen LogP contribution in [0.25, 0.3) is 0 Å². The van der Waals surface area contributed by atoms with Crippen LogP contribution in [0.2, 0.25) is 0 Å². The predicted octanol–water partition coefficient (Wildman–Crippen LogP) is 2.21. The third kappa shape index (κ3) is 1.44. The van der Waals surface area contributed by atoms with Gasteiger partial charge >= 0.3 is 0 Å². The van der Waals surface area contributed by atoms with Gasteiger partial charge in [-0.15, -0.1) is 0 Å². The molecule has 0 amide bonds. The molecule has 1 aromatic carbocycles. The van der Waals surface area contributed by atoms with E-state index in [0.717, 1.165) is 17.4 Å². The molecule has 0 aromatic heterocycles. The van der Waals surface area contributed by atoms with Crippen LogP contribution in [0.15, 0.2) is 12.1 Å². The van der Waals surface area contributed by atoms with Crippen molar-refractivity contribution in [2.45, 2.75) is 11.8 Å². The molecule has 1 aliphatic rings. The van der Waals surface area contributed by atoms with Crippen LogP contribution in [0.5, 0.6) is 0 Å². The van der Waals surface area contributed by atoms with E-state index in [1.54, 1.807) is 6.07 Å². The SMILES string of the molecule is N[C@H]1CSCc2c1ccc(F)c2F. The van der Waals surface area contributed by atoms with E-state index in [2.05, 4.69) is 0 Å². The first-order valence-electron chi connectivity index (χ1n) is 4.00. The minimum atomic E-state index is -0.784. The fourth-order valence-electron chi connectivity index (χ4n) is 1.48. The number of hydrogen-bond acceptors (Lipinski definition) is 2. The lowest BCUT2D eigenvalue weighted by atomic mass is 10.0. The average Bonchev–Trinajstić information content (AvgIpc) is 2.12. The minimum absolute atomic E-state index is 0.163. The van der Waals surface area contributed by atoms with Crippen LogP contribution in [0.1, 0.15) is 17.2 Å². The lowest BCUT2D eigenvalue weighted by Gasteiger charge is -2.22. The predicted molar refractivity (Wildman–Crippen MR) is 49.4 cm³/mol. The molecule has 0 fully saturated rings. The number of hydrogen-bond donors (Lipinski definition) is 1. The molecule has 13 heavy (non-hydrogen) atoms. The standard InChI is InChI=1S/C9H9F2NS/c10-7-2-1-5-6(9(7)11)3-13-4-8(5)12/h1-2,8H,3-4,12H2/t8-/m0/s1. The van der Waals surface area contributed by atoms with E-state index >= 15 is 0 Å². The zero-order valence-corrected chi connectivity index (χ0v) is 7.70. The molecule has 1 aliphatic heterocycles. The Morgan fingerprint density at radius 3 is 2.92 bits per heavy atom. The average molecular weight is 201 g/mol. The highest BCUT2D eigenvalue weighted by molar-refractivity contribution is 7.98. The molecule has 70 valence electrons. The Kier molecular flexibility index (Phi) is 2.26. The summed E-state index contributed by atoms with van der Waals surface area (Å²) < 4.78 is 26.0. The maximum Gasteiger partial charge on any atom is 0.163 e. The first-order chi connectivity index (χ1) is 6.20. The second kappa shape index (κ2) is 3.27. The van der Waals surface area contributed by atoms with Crippen molar-refractivity contribution in [3.8, 4) is 0 Å². The summed E-state index contributed by atoms with van der Waals surface area (Å²) >= 11 is 1.54. The Balaban J connectivity index is 2.56. The first kappa shape index (κ1) is 8.97. The van der Waals surface area contributed by atoms with Gasteiger partial charge in [0, 0.05) is 23.1 Å². The quantitative estimate of drug-likeness (QED) is 0.696. The molecule has 2 rings (SSSR count). The lowest BCUT2D eigenvalue weighted by molar-refractivity contribution is 0.498. The molecule has 1 nitrogen and oxygen atoms in total. The summed E-state index contributed by atoms with van der Waals surface area (Å²) in [5.41, 5.74) is 6.94. The number of thioether (sulfide) groups is 1. The van der Waals surface area contributed by atoms with Crippen molar-refractivity contribution in [3.05, 3.63) is 34.9 Å². The van der Waals surface area contributed by atoms with Gasteiger partial charge in [0.05, 0.1) is 0 Å². The fourth-order valence-corrected chi connectivity index (χ4v) is 2.53. The molecule has 0 saturated heterocycles. The van der Waals surface area contributed by atoms with Crippen LogP contribution in [0.4, 0.5) is 8.78 Å². The molecule has 0 unspecified atom stereocenters. The third-order valence-electron chi connectivity index (χ3n) is 2.18. The summed E-state index contributed by atoms with van der Waals surface area (Å²) in [6.07, 6.45) is 0. The molecule has 0 bridgehead atoms. The highest BCUT2D eigenvalue weighted by Crippen LogP contribution is 2.32. The number of rotatable bonds is 0. The Morgan fingerprint density at radius 2 is 2.15 bits per heavy atom. The van der Waals surface area contributed by atoms with Gasteiger partial charge in [-0.1, -0.05) is 6.07 Å². The van der Waals surface area contributed by atoms with Gasteiger partial charge < -0.3 is 5.73 Å². The van der Waals surface area contributed by atoms with Gasteiger partial charge in [0.2, 0.25) is 0 Å². The van der Waals surface area contributed by atoms with E-state index in [-0.39, 0.29) is 6.04 Å². The molecule has 2 N–H and O–H groups in total. The molecule has 0 spiro atoms. The van der Waals surface area contributed by atoms with Crippen molar-refractivity contribution in [2.75, 3.05) is 5.75 Å². The molecule has 1 aromatic rings. The Morgan fingerprint density at radius 1 is 1.38 bits per heavy atom. The van der Waals surface area contributed by atoms with Crippen molar-refractivity contribution < 1.29 is 8.78 Å². The first-order valence-corrected chi connectivity index (χ1v) is 5.15. The van der Waals surface area contributed by atoms with Crippen molar-refractivity contribution in [1.29, 1.82) is 0 Å². The molecule has 1 atom stereocenters. The van der Waals surface area contributed by atoms with Gasteiger partial charge in [-0.2, -0.15) is 11.8 Å². The largest absolute Gasteiger partial charge is 0.323 e. The van der Waals surface area contributed by atoms with E-state index in [9.17, 15) is 8.78 Å². The topological polar surface area (TPSA) is 26.0 Å². The van der Waals surface area contributed by atoms with Crippen LogP contribution in [0.3, 0.4) is 0 Å². The van der Waals surface area contributed by atoms with E-state index in [1.165, 1.54) is 11.8 Å². The van der Waals surface area contributed by atoms with Crippen LogP contribution in [0, 0.1) is 11.6 Å². The van der Waals surface area contributed by atoms with Gasteiger partial charge in [0.1, 0.15) is 0 Å². The molecular formula is C9H9F2NS. The molecule has 0 aliphatic carbocycles. The number of fused-ring (bicyclic) bond motifs is 1. The summed E-state index contributed by atoms with van der Waals surface area (Å²) in [6, 6.07) is 2.56. The number of nitrogens with two attached hydrogens (primary N) is 1. The normalized spacial score (nSPS) is 21.3. The summed E-state index contributed by atoms with van der Waals surface area (Å²) in [7, 11) is 0. The van der Waals surface area contributed by atoms with Crippen LogP contribution >= 0.6 is 11.8 Å². The van der Waals surface area contributed by atoms with Gasteiger partial charge in [-0.3, -0.25) is 0 Å². The van der Waals surface area contributed by atoms with Crippen LogP contribution in [-0.2, 0) is 5.75 Å². The zero-order chi connectivity index (χ0) is 9.42. The Bertz CT molecular complexity index is 341. The van der Waals surface area contributed by atoms with E-state index in [1.807, 2.05) is 0 Å². The van der Waals surface area contributed by atoms with Crippen LogP contribution < -0.4 is 5.73 Å². The highest BCUT2D eigenvalue weighted by Gasteiger charge is 2.21. The third-order valence-corrected chi connectivity index (χ3v) is 3.26. The van der Waals surface area contributed by atoms with E-state index < -0.39 is 11.6 Å². The fraction of sp³-hybridized carbons (Fsp3) is 0.333. The Labute approximate surface area is 79.3 Å². The summed E-state index contributed by atoms with van der Waals surface area (Å²) in [4.78, 5) is 0. The van der Waals surface area contributed by atoms with Gasteiger partial charge in [0.15, 0.2) is 11.6 Å². The number of benzene rings is 1. The maximum atomic E-state index is 13.2. The van der Waals surface area contributed by atoms with E-state index in [0.29, 0.717) is 11.3 Å². The lowest BCUT2D eigenvalue weighted by Crippen LogP contribution is -2.20. The van der Waals surface area contributed by atoms with Gasteiger partial charge in [0.25, 0.3) is 0 Å². The molecule has 4 heteroatoms. The van der Waals surface area contributed by atoms with E-state index in [4.69, 9.17) is 5.73 Å². The van der Waals surface area contributed by atoms with Crippen molar-refractivity contribution >= 4 is 11.8 Å². The highest BCUT2D eigenvalue weighted by atomic mass is 32.2. The van der Waals surface area contributed by atoms with Crippen molar-refractivity contribution in [3.63, 3.8) is 0 Å². The summed E-state index contributed by atoms with van der Waals surface area (Å²) in [6.45, 7) is 0. The van der Waals surface area contributed by atoms with Crippen molar-refractivity contribution in [1.82, 2.24) is 0 Å². The van der Waals surface area contributed by atoms with Gasteiger partial charge in [-0.25, -0.2) is 8.78 Å².